The summed E-state index contributed by atoms with van der Waals surface area (Å²) in [6, 6.07) is 5.41. The van der Waals surface area contributed by atoms with Gasteiger partial charge in [0.1, 0.15) is 0 Å². The summed E-state index contributed by atoms with van der Waals surface area (Å²) in [5.41, 5.74) is 7.53. The highest BCUT2D eigenvalue weighted by Gasteiger charge is 2.14. The number of anilines is 1. The highest BCUT2D eigenvalue weighted by molar-refractivity contribution is 6.60. The molecule has 0 fully saturated rings. The van der Waals surface area contributed by atoms with E-state index in [4.69, 9.17) is 15.8 Å². The third-order valence-electron chi connectivity index (χ3n) is 2.25. The Kier molecular flexibility index (Phi) is 3.98. The average Bonchev–Trinajstić information content (AvgIpc) is 2.16. The number of hydrogen-bond donors (Lipinski definition) is 3. The summed E-state index contributed by atoms with van der Waals surface area (Å²) in [7, 11) is -1.48. The summed E-state index contributed by atoms with van der Waals surface area (Å²) in [6.45, 7) is 2.12. The number of nitrogens with two attached hydrogens (primary N) is 1. The van der Waals surface area contributed by atoms with Gasteiger partial charge in [-0.1, -0.05) is 25.5 Å². The topological polar surface area (TPSA) is 66.5 Å². The molecule has 0 bridgehead atoms. The van der Waals surface area contributed by atoms with E-state index < -0.39 is 7.12 Å². The van der Waals surface area contributed by atoms with Crippen molar-refractivity contribution < 1.29 is 10.0 Å². The average molecular weight is 193 g/mol. The molecule has 0 atom stereocenters. The van der Waals surface area contributed by atoms with E-state index in [0.29, 0.717) is 11.2 Å². The summed E-state index contributed by atoms with van der Waals surface area (Å²) in [5.74, 6) is 0. The molecular weight excluding hydrogens is 177 g/mol. The summed E-state index contributed by atoms with van der Waals surface area (Å²) in [6.07, 6.45) is 3.18. The molecule has 4 N–H and O–H groups in total. The Morgan fingerprint density at radius 3 is 2.64 bits per heavy atom. The molecule has 1 aromatic rings. The van der Waals surface area contributed by atoms with Crippen LogP contribution in [0.2, 0.25) is 0 Å². The van der Waals surface area contributed by atoms with E-state index in [9.17, 15) is 0 Å². The van der Waals surface area contributed by atoms with E-state index in [1.807, 2.05) is 6.07 Å². The van der Waals surface area contributed by atoms with Crippen molar-refractivity contribution in [2.75, 3.05) is 5.73 Å². The van der Waals surface area contributed by atoms with E-state index >= 15 is 0 Å². The minimum Gasteiger partial charge on any atom is -0.423 e. The number of benzene rings is 1. The van der Waals surface area contributed by atoms with Crippen LogP contribution < -0.4 is 11.2 Å². The number of hydrogen-bond acceptors (Lipinski definition) is 3. The van der Waals surface area contributed by atoms with Gasteiger partial charge in [0.25, 0.3) is 0 Å². The van der Waals surface area contributed by atoms with E-state index in [0.717, 1.165) is 24.8 Å². The Hall–Kier alpha value is -0.995. The number of rotatable bonds is 4. The fourth-order valence-electron chi connectivity index (χ4n) is 1.38. The van der Waals surface area contributed by atoms with Crippen LogP contribution in [0.3, 0.4) is 0 Å². The van der Waals surface area contributed by atoms with Crippen LogP contribution in [0.15, 0.2) is 18.2 Å². The smallest absolute Gasteiger partial charge is 0.423 e. The fourth-order valence-corrected chi connectivity index (χ4v) is 1.38. The second-order valence-corrected chi connectivity index (χ2v) is 3.44. The molecule has 0 saturated heterocycles. The zero-order valence-electron chi connectivity index (χ0n) is 8.40. The first-order valence-corrected chi connectivity index (χ1v) is 4.89. The minimum atomic E-state index is -1.48. The van der Waals surface area contributed by atoms with E-state index in [1.54, 1.807) is 12.1 Å². The molecule has 0 saturated carbocycles. The van der Waals surface area contributed by atoms with Crippen molar-refractivity contribution in [2.24, 2.45) is 0 Å². The first-order valence-electron chi connectivity index (χ1n) is 4.89. The molecule has 1 aromatic carbocycles. The molecule has 0 aromatic heterocycles. The highest BCUT2D eigenvalue weighted by atomic mass is 16.4. The first-order chi connectivity index (χ1) is 6.65. The van der Waals surface area contributed by atoms with Gasteiger partial charge in [-0.15, -0.1) is 0 Å². The van der Waals surface area contributed by atoms with E-state index in [2.05, 4.69) is 6.92 Å². The maximum atomic E-state index is 9.03. The van der Waals surface area contributed by atoms with Gasteiger partial charge in [0.2, 0.25) is 0 Å². The van der Waals surface area contributed by atoms with Gasteiger partial charge in [-0.2, -0.15) is 0 Å². The molecular formula is C10H16BNO2. The van der Waals surface area contributed by atoms with E-state index in [-0.39, 0.29) is 0 Å². The lowest BCUT2D eigenvalue weighted by Crippen LogP contribution is -2.32. The Bertz CT molecular complexity index is 302. The van der Waals surface area contributed by atoms with Crippen LogP contribution in [-0.4, -0.2) is 17.2 Å². The molecule has 14 heavy (non-hydrogen) atoms. The zero-order valence-corrected chi connectivity index (χ0v) is 8.40. The molecule has 3 nitrogen and oxygen atoms in total. The lowest BCUT2D eigenvalue weighted by atomic mass is 9.78. The second kappa shape index (κ2) is 5.03. The normalized spacial score (nSPS) is 10.2. The van der Waals surface area contributed by atoms with Crippen molar-refractivity contribution in [3.63, 3.8) is 0 Å². The van der Waals surface area contributed by atoms with Crippen molar-refractivity contribution in [1.82, 2.24) is 0 Å². The van der Waals surface area contributed by atoms with Crippen LogP contribution in [-0.2, 0) is 6.42 Å². The van der Waals surface area contributed by atoms with Crippen LogP contribution in [0.5, 0.6) is 0 Å². The molecule has 0 aliphatic rings. The second-order valence-electron chi connectivity index (χ2n) is 3.44. The third-order valence-corrected chi connectivity index (χ3v) is 2.25. The largest absolute Gasteiger partial charge is 0.490 e. The van der Waals surface area contributed by atoms with Crippen LogP contribution >= 0.6 is 0 Å². The van der Waals surface area contributed by atoms with E-state index in [1.165, 1.54) is 0 Å². The third kappa shape index (κ3) is 2.75. The molecule has 0 radical (unpaired) electrons. The van der Waals surface area contributed by atoms with Gasteiger partial charge in [-0.3, -0.25) is 0 Å². The molecule has 0 heterocycles. The molecule has 0 amide bonds. The van der Waals surface area contributed by atoms with Crippen LogP contribution in [0.1, 0.15) is 25.3 Å². The van der Waals surface area contributed by atoms with Crippen LogP contribution in [0.4, 0.5) is 5.69 Å². The highest BCUT2D eigenvalue weighted by Crippen LogP contribution is 2.07. The first kappa shape index (κ1) is 11.1. The summed E-state index contributed by atoms with van der Waals surface area (Å²) >= 11 is 0. The standard InChI is InChI=1S/C10H16BNO2/c1-2-3-4-8-5-6-10(12)9(7-8)11(13)14/h5-7,13-14H,2-4,12H2,1H3. The monoisotopic (exact) mass is 193 g/mol. The van der Waals surface area contributed by atoms with Gasteiger partial charge in [-0.25, -0.2) is 0 Å². The zero-order chi connectivity index (χ0) is 10.6. The summed E-state index contributed by atoms with van der Waals surface area (Å²) in [5, 5.41) is 18.1. The fraction of sp³-hybridized carbons (Fsp3) is 0.400. The van der Waals surface area contributed by atoms with Crippen molar-refractivity contribution in [3.8, 4) is 0 Å². The van der Waals surface area contributed by atoms with Gasteiger partial charge in [0.05, 0.1) is 0 Å². The lowest BCUT2D eigenvalue weighted by molar-refractivity contribution is 0.426. The van der Waals surface area contributed by atoms with Gasteiger partial charge in [0.15, 0.2) is 0 Å². The Morgan fingerprint density at radius 1 is 1.36 bits per heavy atom. The molecule has 4 heteroatoms. The maximum Gasteiger partial charge on any atom is 0.490 e. The molecule has 76 valence electrons. The number of aryl methyl sites for hydroxylation is 1. The number of nitrogen functional groups attached to an aromatic ring is 1. The Labute approximate surface area is 84.7 Å². The maximum absolute atomic E-state index is 9.03. The lowest BCUT2D eigenvalue weighted by Gasteiger charge is -2.07. The summed E-state index contributed by atoms with van der Waals surface area (Å²) < 4.78 is 0. The SMILES string of the molecule is CCCCc1ccc(N)c(B(O)O)c1. The molecule has 1 rings (SSSR count). The Balaban J connectivity index is 2.83. The Morgan fingerprint density at radius 2 is 2.07 bits per heavy atom. The van der Waals surface area contributed by atoms with Crippen molar-refractivity contribution >= 4 is 18.3 Å². The summed E-state index contributed by atoms with van der Waals surface area (Å²) in [4.78, 5) is 0. The van der Waals surface area contributed by atoms with Gasteiger partial charge in [0, 0.05) is 11.2 Å². The quantitative estimate of drug-likeness (QED) is 0.475. The van der Waals surface area contributed by atoms with Gasteiger partial charge >= 0.3 is 7.12 Å². The van der Waals surface area contributed by atoms with Gasteiger partial charge < -0.3 is 15.8 Å². The van der Waals surface area contributed by atoms with Crippen LogP contribution in [0.25, 0.3) is 0 Å². The van der Waals surface area contributed by atoms with Crippen molar-refractivity contribution in [3.05, 3.63) is 23.8 Å². The van der Waals surface area contributed by atoms with Crippen LogP contribution in [0, 0.1) is 0 Å². The molecule has 0 aliphatic carbocycles. The predicted molar refractivity (Wildman–Crippen MR) is 59.3 cm³/mol. The van der Waals surface area contributed by atoms with Crippen molar-refractivity contribution in [2.45, 2.75) is 26.2 Å². The number of unbranched alkanes of at least 4 members (excludes halogenated alkanes) is 1. The molecule has 0 spiro atoms. The molecule has 0 unspecified atom stereocenters. The van der Waals surface area contributed by atoms with Gasteiger partial charge in [-0.05, 0) is 24.5 Å². The van der Waals surface area contributed by atoms with Crippen molar-refractivity contribution in [1.29, 1.82) is 0 Å². The molecule has 0 aliphatic heterocycles. The predicted octanol–water partition coefficient (Wildman–Crippen LogP) is 0.291. The minimum absolute atomic E-state index is 0.401.